The molecule has 9 heteroatoms. The number of carbonyl (C=O) groups is 2. The molecule has 0 bridgehead atoms. The second-order valence-electron chi connectivity index (χ2n) is 7.20. The minimum absolute atomic E-state index is 0.0662. The molecule has 0 spiro atoms. The average Bonchev–Trinajstić information content (AvgIpc) is 3.10. The van der Waals surface area contributed by atoms with Crippen molar-refractivity contribution in [2.24, 2.45) is 0 Å². The Bertz CT molecular complexity index is 1370. The van der Waals surface area contributed by atoms with Crippen LogP contribution in [0.2, 0.25) is 5.02 Å². The van der Waals surface area contributed by atoms with Gasteiger partial charge >= 0.3 is 5.97 Å². The lowest BCUT2D eigenvalue weighted by Crippen LogP contribution is -2.31. The van der Waals surface area contributed by atoms with Crippen molar-refractivity contribution < 1.29 is 27.9 Å². The fourth-order valence-electron chi connectivity index (χ4n) is 3.70. The molecule has 1 aliphatic rings. The fraction of sp³-hybridized carbons (Fsp3) is 0.0833. The number of nitrogens with zero attached hydrogens (tertiary/aromatic N) is 1. The van der Waals surface area contributed by atoms with E-state index in [1.165, 1.54) is 54.5 Å². The largest absolute Gasteiger partial charge is 0.502 e. The number of carbonyl (C=O) groups excluding carboxylic acids is 2. The Hall–Kier alpha value is -3.62. The molecule has 168 valence electrons. The second-order valence-corrected chi connectivity index (χ2v) is 9.56. The van der Waals surface area contributed by atoms with E-state index < -0.39 is 38.4 Å². The highest BCUT2D eigenvalue weighted by Gasteiger charge is 2.47. The number of amides is 1. The summed E-state index contributed by atoms with van der Waals surface area (Å²) < 4.78 is 31.8. The van der Waals surface area contributed by atoms with Gasteiger partial charge in [0.1, 0.15) is 10.9 Å². The third kappa shape index (κ3) is 3.99. The van der Waals surface area contributed by atoms with Crippen molar-refractivity contribution in [1.29, 1.82) is 0 Å². The van der Waals surface area contributed by atoms with Crippen LogP contribution in [0.15, 0.2) is 94.4 Å². The number of benzene rings is 3. The lowest BCUT2D eigenvalue weighted by Gasteiger charge is -2.27. The van der Waals surface area contributed by atoms with E-state index in [9.17, 15) is 23.1 Å². The quantitative estimate of drug-likeness (QED) is 0.538. The number of sulfone groups is 1. The maximum Gasteiger partial charge on any atom is 0.337 e. The summed E-state index contributed by atoms with van der Waals surface area (Å²) in [5.74, 6) is -2.32. The fourth-order valence-corrected chi connectivity index (χ4v) is 5.53. The molecule has 0 saturated carbocycles. The lowest BCUT2D eigenvalue weighted by molar-refractivity contribution is -0.117. The van der Waals surface area contributed by atoms with Crippen LogP contribution in [-0.2, 0) is 19.4 Å². The maximum atomic E-state index is 13.5. The number of rotatable bonds is 5. The summed E-state index contributed by atoms with van der Waals surface area (Å²) >= 11 is 6.11. The van der Waals surface area contributed by atoms with Crippen LogP contribution in [0, 0.1) is 0 Å². The number of aliphatic hydroxyl groups is 1. The zero-order valence-electron chi connectivity index (χ0n) is 17.3. The molecule has 3 aromatic carbocycles. The van der Waals surface area contributed by atoms with Gasteiger partial charge in [0.2, 0.25) is 9.84 Å². The highest BCUT2D eigenvalue weighted by Crippen LogP contribution is 2.45. The molecule has 1 N–H and O–H groups in total. The number of methoxy groups -OCH3 is 1. The third-order valence-corrected chi connectivity index (χ3v) is 7.36. The molecule has 0 fully saturated rings. The van der Waals surface area contributed by atoms with Gasteiger partial charge in [-0.15, -0.1) is 0 Å². The smallest absolute Gasteiger partial charge is 0.337 e. The van der Waals surface area contributed by atoms with Crippen LogP contribution in [0.1, 0.15) is 22.0 Å². The van der Waals surface area contributed by atoms with Crippen LogP contribution in [0.25, 0.3) is 0 Å². The molecule has 33 heavy (non-hydrogen) atoms. The molecule has 0 saturated heterocycles. The van der Waals surface area contributed by atoms with E-state index in [0.717, 1.165) is 0 Å². The number of esters is 1. The van der Waals surface area contributed by atoms with Crippen molar-refractivity contribution >= 4 is 39.0 Å². The topological polar surface area (TPSA) is 101 Å². The van der Waals surface area contributed by atoms with Crippen molar-refractivity contribution in [2.45, 2.75) is 10.9 Å². The summed E-state index contributed by atoms with van der Waals surface area (Å²) in [5.41, 5.74) is 0.925. The highest BCUT2D eigenvalue weighted by molar-refractivity contribution is 7.95. The molecule has 1 unspecified atom stereocenters. The van der Waals surface area contributed by atoms with E-state index >= 15 is 0 Å². The normalized spacial score (nSPS) is 16.2. The van der Waals surface area contributed by atoms with Crippen molar-refractivity contribution in [3.63, 3.8) is 0 Å². The number of hydrogen-bond donors (Lipinski definition) is 1. The molecule has 4 rings (SSSR count). The molecule has 0 aromatic heterocycles. The Balaban J connectivity index is 1.92. The predicted octanol–water partition coefficient (Wildman–Crippen LogP) is 4.46. The van der Waals surface area contributed by atoms with Crippen LogP contribution < -0.4 is 4.90 Å². The first-order chi connectivity index (χ1) is 15.8. The molecule has 1 atom stereocenters. The number of hydrogen-bond acceptors (Lipinski definition) is 6. The van der Waals surface area contributed by atoms with Gasteiger partial charge in [-0.05, 0) is 48.0 Å². The van der Waals surface area contributed by atoms with Crippen LogP contribution >= 0.6 is 11.6 Å². The summed E-state index contributed by atoms with van der Waals surface area (Å²) in [7, 11) is -3.01. The number of aliphatic hydroxyl groups excluding tert-OH is 1. The predicted molar refractivity (Wildman–Crippen MR) is 123 cm³/mol. The third-order valence-electron chi connectivity index (χ3n) is 5.24. The van der Waals surface area contributed by atoms with E-state index in [4.69, 9.17) is 16.3 Å². The zero-order chi connectivity index (χ0) is 23.8. The summed E-state index contributed by atoms with van der Waals surface area (Å²) in [6.45, 7) is 0. The van der Waals surface area contributed by atoms with Crippen molar-refractivity contribution in [2.75, 3.05) is 12.0 Å². The maximum absolute atomic E-state index is 13.5. The molecular weight excluding hydrogens is 466 g/mol. The van der Waals surface area contributed by atoms with Crippen LogP contribution in [0.5, 0.6) is 0 Å². The molecule has 0 aliphatic carbocycles. The van der Waals surface area contributed by atoms with Gasteiger partial charge in [0.05, 0.1) is 17.6 Å². The average molecular weight is 484 g/mol. The number of halogens is 1. The zero-order valence-corrected chi connectivity index (χ0v) is 18.9. The van der Waals surface area contributed by atoms with E-state index in [2.05, 4.69) is 0 Å². The molecular formula is C24H18ClNO6S. The van der Waals surface area contributed by atoms with Gasteiger partial charge in [-0.2, -0.15) is 0 Å². The summed E-state index contributed by atoms with van der Waals surface area (Å²) in [6.07, 6.45) is 0. The highest BCUT2D eigenvalue weighted by atomic mass is 35.5. The Morgan fingerprint density at radius 1 is 1.00 bits per heavy atom. The summed E-state index contributed by atoms with van der Waals surface area (Å²) in [5, 5.41) is 11.1. The SMILES string of the molecule is COC(=O)c1ccc(C2C(S(=O)(=O)c3ccccc3)=C(O)C(=O)N2c2cccc(Cl)c2)cc1. The summed E-state index contributed by atoms with van der Waals surface area (Å²) in [6, 6.07) is 18.6. The Morgan fingerprint density at radius 3 is 2.27 bits per heavy atom. The molecule has 1 aliphatic heterocycles. The first kappa shape index (κ1) is 22.6. The molecule has 1 amide bonds. The minimum Gasteiger partial charge on any atom is -0.502 e. The minimum atomic E-state index is -4.26. The summed E-state index contributed by atoms with van der Waals surface area (Å²) in [4.78, 5) is 25.6. The number of ether oxygens (including phenoxy) is 1. The lowest BCUT2D eigenvalue weighted by atomic mass is 10.0. The van der Waals surface area contributed by atoms with Crippen LogP contribution in [0.3, 0.4) is 0 Å². The first-order valence-electron chi connectivity index (χ1n) is 9.76. The Kier molecular flexibility index (Phi) is 5.97. The molecule has 3 aromatic rings. The first-order valence-corrected chi connectivity index (χ1v) is 11.6. The van der Waals surface area contributed by atoms with E-state index in [0.29, 0.717) is 16.3 Å². The van der Waals surface area contributed by atoms with Gasteiger partial charge in [0.15, 0.2) is 5.76 Å². The second kappa shape index (κ2) is 8.73. The van der Waals surface area contributed by atoms with E-state index in [1.807, 2.05) is 0 Å². The van der Waals surface area contributed by atoms with Crippen molar-refractivity contribution in [3.8, 4) is 0 Å². The standard InChI is InChI=1S/C24H18ClNO6S/c1-32-24(29)16-12-10-15(11-13-16)20-22(33(30,31)19-8-3-2-4-9-19)21(27)23(28)26(20)18-7-5-6-17(25)14-18/h2-14,20,27H,1H3. The van der Waals surface area contributed by atoms with Gasteiger partial charge < -0.3 is 9.84 Å². The monoisotopic (exact) mass is 483 g/mol. The van der Waals surface area contributed by atoms with Gasteiger partial charge in [0.25, 0.3) is 5.91 Å². The van der Waals surface area contributed by atoms with Crippen LogP contribution in [-0.4, -0.2) is 32.5 Å². The van der Waals surface area contributed by atoms with Crippen molar-refractivity contribution in [1.82, 2.24) is 0 Å². The molecule has 1 heterocycles. The van der Waals surface area contributed by atoms with E-state index in [-0.39, 0.29) is 10.5 Å². The Labute approximate surface area is 195 Å². The van der Waals surface area contributed by atoms with Crippen LogP contribution in [0.4, 0.5) is 5.69 Å². The van der Waals surface area contributed by atoms with E-state index in [1.54, 1.807) is 36.4 Å². The van der Waals surface area contributed by atoms with Gasteiger partial charge in [-0.3, -0.25) is 9.69 Å². The Morgan fingerprint density at radius 2 is 1.67 bits per heavy atom. The molecule has 7 nitrogen and oxygen atoms in total. The van der Waals surface area contributed by atoms with Crippen molar-refractivity contribution in [3.05, 3.63) is 106 Å². The van der Waals surface area contributed by atoms with Gasteiger partial charge in [-0.25, -0.2) is 13.2 Å². The van der Waals surface area contributed by atoms with Gasteiger partial charge in [-0.1, -0.05) is 48.0 Å². The number of anilines is 1. The van der Waals surface area contributed by atoms with Gasteiger partial charge in [0, 0.05) is 10.7 Å². The molecule has 0 radical (unpaired) electrons.